The molecule has 0 amide bonds. The number of carbonyl (C=O) groups is 1. The second kappa shape index (κ2) is 6.06. The molecule has 2 rings (SSSR count). The van der Waals surface area contributed by atoms with Gasteiger partial charge in [-0.2, -0.15) is 0 Å². The van der Waals surface area contributed by atoms with Crippen LogP contribution in [0.25, 0.3) is 0 Å². The first-order valence-corrected chi connectivity index (χ1v) is 6.35. The molecule has 0 unspecified atom stereocenters. The largest absolute Gasteiger partial charge is 0.477 e. The molecule has 0 atom stereocenters. The fourth-order valence-electron chi connectivity index (χ4n) is 1.83. The summed E-state index contributed by atoms with van der Waals surface area (Å²) in [7, 11) is 0. The van der Waals surface area contributed by atoms with Crippen LogP contribution in [0.1, 0.15) is 29.3 Å². The molecule has 2 aromatic rings. The van der Waals surface area contributed by atoms with Gasteiger partial charge >= 0.3 is 5.97 Å². The summed E-state index contributed by atoms with van der Waals surface area (Å²) in [5, 5.41) is 9.11. The third kappa shape index (κ3) is 3.26. The summed E-state index contributed by atoms with van der Waals surface area (Å²) < 4.78 is 5.51. The van der Waals surface area contributed by atoms with Gasteiger partial charge in [-0.15, -0.1) is 0 Å². The van der Waals surface area contributed by atoms with Crippen molar-refractivity contribution in [2.75, 3.05) is 5.73 Å². The average molecular weight is 272 g/mol. The fourth-order valence-corrected chi connectivity index (χ4v) is 1.83. The zero-order chi connectivity index (χ0) is 14.5. The van der Waals surface area contributed by atoms with E-state index in [4.69, 9.17) is 15.6 Å². The third-order valence-electron chi connectivity index (χ3n) is 2.78. The molecule has 0 aliphatic carbocycles. The maximum Gasteiger partial charge on any atom is 0.341 e. The van der Waals surface area contributed by atoms with Crippen LogP contribution in [0.4, 0.5) is 5.69 Å². The summed E-state index contributed by atoms with van der Waals surface area (Å²) >= 11 is 0. The number of hydrogen-bond acceptors (Lipinski definition) is 4. The molecule has 0 saturated carbocycles. The molecule has 0 bridgehead atoms. The predicted molar refractivity (Wildman–Crippen MR) is 76.1 cm³/mol. The number of nitrogens with zero attached hydrogens (tertiary/aromatic N) is 1. The number of ether oxygens (including phenoxy) is 1. The predicted octanol–water partition coefficient (Wildman–Crippen LogP) is 3.11. The van der Waals surface area contributed by atoms with Gasteiger partial charge in [0, 0.05) is 0 Å². The summed E-state index contributed by atoms with van der Waals surface area (Å²) in [5.41, 5.74) is 6.97. The van der Waals surface area contributed by atoms with E-state index < -0.39 is 5.97 Å². The van der Waals surface area contributed by atoms with Crippen LogP contribution in [0.2, 0.25) is 0 Å². The van der Waals surface area contributed by atoms with E-state index in [0.29, 0.717) is 5.75 Å². The van der Waals surface area contributed by atoms with E-state index in [-0.39, 0.29) is 17.1 Å². The number of nitrogens with two attached hydrogens (primary N) is 1. The number of aromatic carboxylic acids is 1. The maximum atomic E-state index is 11.1. The van der Waals surface area contributed by atoms with Crippen molar-refractivity contribution in [2.24, 2.45) is 0 Å². The van der Waals surface area contributed by atoms with E-state index in [1.165, 1.54) is 17.8 Å². The minimum atomic E-state index is -1.12. The van der Waals surface area contributed by atoms with Crippen molar-refractivity contribution in [1.82, 2.24) is 4.98 Å². The number of pyridine rings is 1. The summed E-state index contributed by atoms with van der Waals surface area (Å²) in [4.78, 5) is 15.1. The Labute approximate surface area is 117 Å². The van der Waals surface area contributed by atoms with Crippen LogP contribution in [0, 0.1) is 0 Å². The van der Waals surface area contributed by atoms with Crippen molar-refractivity contribution in [3.8, 4) is 11.6 Å². The van der Waals surface area contributed by atoms with Crippen molar-refractivity contribution in [3.05, 3.63) is 47.7 Å². The molecule has 0 fully saturated rings. The maximum absolute atomic E-state index is 11.1. The van der Waals surface area contributed by atoms with Gasteiger partial charge in [-0.25, -0.2) is 9.78 Å². The number of nitrogen functional groups attached to an aromatic ring is 1. The molecule has 0 radical (unpaired) electrons. The Morgan fingerprint density at radius 1 is 1.35 bits per heavy atom. The molecule has 104 valence electrons. The lowest BCUT2D eigenvalue weighted by Crippen LogP contribution is -2.03. The number of hydrogen-bond donors (Lipinski definition) is 2. The lowest BCUT2D eigenvalue weighted by atomic mass is 10.1. The number of carboxylic acids is 1. The lowest BCUT2D eigenvalue weighted by molar-refractivity contribution is 0.0693. The summed E-state index contributed by atoms with van der Waals surface area (Å²) in [6.07, 6.45) is 3.44. The number of benzene rings is 1. The average Bonchev–Trinajstić information content (AvgIpc) is 2.43. The molecular formula is C15H16N2O3. The highest BCUT2D eigenvalue weighted by Crippen LogP contribution is 2.25. The summed E-state index contributed by atoms with van der Waals surface area (Å²) in [5.74, 6) is -0.540. The monoisotopic (exact) mass is 272 g/mol. The second-order valence-corrected chi connectivity index (χ2v) is 4.42. The van der Waals surface area contributed by atoms with Gasteiger partial charge in [-0.05, 0) is 30.2 Å². The molecule has 0 aliphatic rings. The van der Waals surface area contributed by atoms with Crippen LogP contribution in [0.5, 0.6) is 11.6 Å². The Balaban J connectivity index is 2.23. The van der Waals surface area contributed by atoms with E-state index in [0.717, 1.165) is 12.8 Å². The summed E-state index contributed by atoms with van der Waals surface area (Å²) in [6.45, 7) is 2.11. The molecule has 5 heteroatoms. The van der Waals surface area contributed by atoms with Crippen molar-refractivity contribution in [1.29, 1.82) is 0 Å². The highest BCUT2D eigenvalue weighted by atomic mass is 16.5. The Morgan fingerprint density at radius 2 is 2.05 bits per heavy atom. The van der Waals surface area contributed by atoms with Gasteiger partial charge in [0.15, 0.2) is 0 Å². The van der Waals surface area contributed by atoms with E-state index >= 15 is 0 Å². The topological polar surface area (TPSA) is 85.4 Å². The molecular weight excluding hydrogens is 256 g/mol. The lowest BCUT2D eigenvalue weighted by Gasteiger charge is -2.08. The van der Waals surface area contributed by atoms with Crippen molar-refractivity contribution in [2.45, 2.75) is 19.8 Å². The molecule has 0 saturated heterocycles. The number of anilines is 1. The minimum absolute atomic E-state index is 0.0370. The van der Waals surface area contributed by atoms with Gasteiger partial charge in [-0.3, -0.25) is 0 Å². The van der Waals surface area contributed by atoms with E-state index in [1.807, 2.05) is 12.1 Å². The molecule has 20 heavy (non-hydrogen) atoms. The molecule has 0 aliphatic heterocycles. The fraction of sp³-hybridized carbons (Fsp3) is 0.200. The molecule has 1 aromatic carbocycles. The van der Waals surface area contributed by atoms with Crippen LogP contribution in [0.3, 0.4) is 0 Å². The highest BCUT2D eigenvalue weighted by molar-refractivity contribution is 5.91. The first-order chi connectivity index (χ1) is 9.60. The van der Waals surface area contributed by atoms with Crippen LogP contribution < -0.4 is 10.5 Å². The zero-order valence-corrected chi connectivity index (χ0v) is 11.2. The highest BCUT2D eigenvalue weighted by Gasteiger charge is 2.14. The van der Waals surface area contributed by atoms with E-state index in [1.54, 1.807) is 12.1 Å². The minimum Gasteiger partial charge on any atom is -0.477 e. The van der Waals surface area contributed by atoms with Gasteiger partial charge in [0.25, 0.3) is 0 Å². The molecule has 3 N–H and O–H groups in total. The van der Waals surface area contributed by atoms with Gasteiger partial charge in [0.1, 0.15) is 11.3 Å². The molecule has 5 nitrogen and oxygen atoms in total. The second-order valence-electron chi connectivity index (χ2n) is 4.42. The number of carboxylic acid groups (broad SMARTS) is 1. The Kier molecular flexibility index (Phi) is 4.20. The SMILES string of the molecule is CCCc1ccc(Oc2ncc(N)cc2C(=O)O)cc1. The van der Waals surface area contributed by atoms with Gasteiger partial charge in [0.05, 0.1) is 11.9 Å². The third-order valence-corrected chi connectivity index (χ3v) is 2.78. The van der Waals surface area contributed by atoms with Crippen molar-refractivity contribution >= 4 is 11.7 Å². The smallest absolute Gasteiger partial charge is 0.341 e. The Morgan fingerprint density at radius 3 is 2.65 bits per heavy atom. The number of rotatable bonds is 5. The summed E-state index contributed by atoms with van der Waals surface area (Å²) in [6, 6.07) is 8.84. The molecule has 0 spiro atoms. The van der Waals surface area contributed by atoms with Crippen LogP contribution in [0.15, 0.2) is 36.5 Å². The van der Waals surface area contributed by atoms with Gasteiger partial charge in [0.2, 0.25) is 5.88 Å². The zero-order valence-electron chi connectivity index (χ0n) is 11.2. The van der Waals surface area contributed by atoms with E-state index in [9.17, 15) is 4.79 Å². The standard InChI is InChI=1S/C15H16N2O3/c1-2-3-10-4-6-12(7-5-10)20-14-13(15(18)19)8-11(16)9-17-14/h4-9H,2-3,16H2,1H3,(H,18,19). The first-order valence-electron chi connectivity index (χ1n) is 6.35. The first kappa shape index (κ1) is 13.9. The molecule has 1 aromatic heterocycles. The van der Waals surface area contributed by atoms with Crippen molar-refractivity contribution < 1.29 is 14.6 Å². The van der Waals surface area contributed by atoms with Gasteiger partial charge in [-0.1, -0.05) is 25.5 Å². The van der Waals surface area contributed by atoms with Crippen LogP contribution in [-0.4, -0.2) is 16.1 Å². The number of aromatic nitrogens is 1. The quantitative estimate of drug-likeness (QED) is 0.873. The number of aryl methyl sites for hydroxylation is 1. The Hall–Kier alpha value is -2.56. The van der Waals surface area contributed by atoms with Crippen LogP contribution in [-0.2, 0) is 6.42 Å². The molecule has 1 heterocycles. The normalized spacial score (nSPS) is 10.2. The Bertz CT molecular complexity index is 609. The van der Waals surface area contributed by atoms with Crippen molar-refractivity contribution in [3.63, 3.8) is 0 Å². The van der Waals surface area contributed by atoms with Gasteiger partial charge < -0.3 is 15.6 Å². The van der Waals surface area contributed by atoms with Crippen LogP contribution >= 0.6 is 0 Å². The van der Waals surface area contributed by atoms with E-state index in [2.05, 4.69) is 11.9 Å².